The summed E-state index contributed by atoms with van der Waals surface area (Å²) >= 11 is 9.48. The first-order valence-corrected chi connectivity index (χ1v) is 9.57. The quantitative estimate of drug-likeness (QED) is 0.437. The van der Waals surface area contributed by atoms with Gasteiger partial charge < -0.3 is 4.52 Å². The molecule has 0 rings (SSSR count). The Kier molecular flexibility index (Phi) is 12.7. The maximum atomic E-state index is 5.65. The van der Waals surface area contributed by atoms with Crippen LogP contribution in [0.15, 0.2) is 0 Å². The third-order valence-corrected chi connectivity index (χ3v) is 8.12. The van der Waals surface area contributed by atoms with Gasteiger partial charge in [0.1, 0.15) is 0 Å². The summed E-state index contributed by atoms with van der Waals surface area (Å²) in [5.74, 6) is 3.01. The predicted molar refractivity (Wildman–Crippen MR) is 69.1 cm³/mol. The van der Waals surface area contributed by atoms with E-state index in [4.69, 9.17) is 16.1 Å². The second kappa shape index (κ2) is 11.5. The summed E-state index contributed by atoms with van der Waals surface area (Å²) in [6.07, 6.45) is 2.45. The van der Waals surface area contributed by atoms with Gasteiger partial charge in [-0.25, -0.2) is 0 Å². The van der Waals surface area contributed by atoms with Gasteiger partial charge in [0.05, 0.1) is 6.61 Å². The molecule has 0 aromatic rings. The van der Waals surface area contributed by atoms with Gasteiger partial charge in [-0.1, -0.05) is 36.6 Å². The number of hydrogen-bond acceptors (Lipinski definition) is 3. The van der Waals surface area contributed by atoms with Crippen molar-refractivity contribution in [2.75, 3.05) is 24.0 Å². The van der Waals surface area contributed by atoms with Crippen LogP contribution < -0.4 is 0 Å². The third-order valence-electron chi connectivity index (χ3n) is 1.08. The number of halogens is 1. The average Bonchev–Trinajstić information content (AvgIpc) is 2.17. The Morgan fingerprint density at radius 2 is 1.69 bits per heavy atom. The van der Waals surface area contributed by atoms with Crippen LogP contribution in [0.25, 0.3) is 0 Å². The first-order valence-electron chi connectivity index (χ1n) is 4.60. The smallest absolute Gasteiger partial charge is 0.151 e. The molecule has 0 aliphatic rings. The zero-order valence-corrected chi connectivity index (χ0v) is 11.6. The summed E-state index contributed by atoms with van der Waals surface area (Å²) in [5.41, 5.74) is 0. The molecular weight excluding hydrogens is 243 g/mol. The Labute approximate surface area is 96.0 Å². The lowest BCUT2D eigenvalue weighted by Gasteiger charge is -2.14. The SMILES string of the molecule is CCCSP(OCCCl)SCCC. The monoisotopic (exact) mass is 260 g/mol. The van der Waals surface area contributed by atoms with Crippen LogP contribution in [0.3, 0.4) is 0 Å². The minimum atomic E-state index is -0.329. The highest BCUT2D eigenvalue weighted by Gasteiger charge is 2.09. The predicted octanol–water partition coefficient (Wildman–Crippen LogP) is 4.76. The summed E-state index contributed by atoms with van der Waals surface area (Å²) in [6.45, 7) is 4.77. The van der Waals surface area contributed by atoms with Crippen molar-refractivity contribution in [3.63, 3.8) is 0 Å². The van der Waals surface area contributed by atoms with Crippen molar-refractivity contribution in [2.45, 2.75) is 26.7 Å². The minimum Gasteiger partial charge on any atom is -0.338 e. The summed E-state index contributed by atoms with van der Waals surface area (Å²) in [5, 5.41) is 0. The lowest BCUT2D eigenvalue weighted by atomic mass is 10.6. The van der Waals surface area contributed by atoms with E-state index in [1.165, 1.54) is 24.3 Å². The van der Waals surface area contributed by atoms with E-state index in [1.54, 1.807) is 0 Å². The van der Waals surface area contributed by atoms with Crippen LogP contribution in [-0.2, 0) is 4.52 Å². The van der Waals surface area contributed by atoms with Gasteiger partial charge in [0, 0.05) is 17.4 Å². The lowest BCUT2D eigenvalue weighted by molar-refractivity contribution is 0.397. The van der Waals surface area contributed by atoms with Gasteiger partial charge in [0.25, 0.3) is 0 Å². The molecule has 0 heterocycles. The van der Waals surface area contributed by atoms with Crippen molar-refractivity contribution < 1.29 is 4.52 Å². The normalized spacial score (nSPS) is 11.1. The molecule has 13 heavy (non-hydrogen) atoms. The van der Waals surface area contributed by atoms with E-state index in [0.29, 0.717) is 12.5 Å². The van der Waals surface area contributed by atoms with Gasteiger partial charge in [0.2, 0.25) is 0 Å². The van der Waals surface area contributed by atoms with Gasteiger partial charge in [-0.3, -0.25) is 0 Å². The minimum absolute atomic E-state index is 0.329. The lowest BCUT2D eigenvalue weighted by Crippen LogP contribution is -1.88. The average molecular weight is 261 g/mol. The molecule has 0 aliphatic carbocycles. The Morgan fingerprint density at radius 1 is 1.15 bits per heavy atom. The van der Waals surface area contributed by atoms with E-state index in [-0.39, 0.29) is 6.55 Å². The molecule has 0 amide bonds. The zero-order chi connectivity index (χ0) is 9.94. The van der Waals surface area contributed by atoms with Gasteiger partial charge in [-0.15, -0.1) is 11.6 Å². The Hall–Kier alpha value is 1.38. The van der Waals surface area contributed by atoms with Crippen molar-refractivity contribution in [1.82, 2.24) is 0 Å². The van der Waals surface area contributed by atoms with E-state index < -0.39 is 0 Å². The zero-order valence-electron chi connectivity index (χ0n) is 8.29. The summed E-state index contributed by atoms with van der Waals surface area (Å²) in [7, 11) is 0. The van der Waals surface area contributed by atoms with E-state index in [2.05, 4.69) is 13.8 Å². The Bertz CT molecular complexity index is 89.1. The maximum Gasteiger partial charge on any atom is 0.151 e. The molecule has 0 bridgehead atoms. The second-order valence-corrected chi connectivity index (χ2v) is 9.06. The standard InChI is InChI=1S/C8H18ClOPS2/c1-3-7-12-11(10-6-5-9)13-8-4-2/h3-8H2,1-2H3. The summed E-state index contributed by atoms with van der Waals surface area (Å²) in [4.78, 5) is 0. The van der Waals surface area contributed by atoms with Crippen LogP contribution in [0, 0.1) is 0 Å². The molecule has 5 heteroatoms. The fraction of sp³-hybridized carbons (Fsp3) is 1.00. The van der Waals surface area contributed by atoms with Crippen molar-refractivity contribution in [3.05, 3.63) is 0 Å². The highest BCUT2D eigenvalue weighted by molar-refractivity contribution is 8.86. The maximum absolute atomic E-state index is 5.65. The van der Waals surface area contributed by atoms with Crippen LogP contribution >= 0.6 is 40.9 Å². The molecule has 80 valence electrons. The largest absolute Gasteiger partial charge is 0.338 e. The van der Waals surface area contributed by atoms with Crippen molar-refractivity contribution in [3.8, 4) is 0 Å². The van der Waals surface area contributed by atoms with Gasteiger partial charge in [0.15, 0.2) is 6.55 Å². The van der Waals surface area contributed by atoms with Crippen molar-refractivity contribution in [2.24, 2.45) is 0 Å². The van der Waals surface area contributed by atoms with Crippen LogP contribution in [0.4, 0.5) is 0 Å². The molecule has 0 aliphatic heterocycles. The van der Waals surface area contributed by atoms with E-state index >= 15 is 0 Å². The van der Waals surface area contributed by atoms with Gasteiger partial charge >= 0.3 is 0 Å². The molecule has 0 aromatic carbocycles. The molecule has 0 saturated carbocycles. The topological polar surface area (TPSA) is 9.23 Å². The third kappa shape index (κ3) is 9.68. The number of alkyl halides is 1. The Balaban J connectivity index is 3.47. The van der Waals surface area contributed by atoms with Crippen LogP contribution in [0.2, 0.25) is 0 Å². The van der Waals surface area contributed by atoms with Crippen LogP contribution in [-0.4, -0.2) is 24.0 Å². The molecular formula is C8H18ClOPS2. The van der Waals surface area contributed by atoms with Crippen molar-refractivity contribution in [1.29, 1.82) is 0 Å². The fourth-order valence-corrected chi connectivity index (χ4v) is 6.98. The molecule has 0 spiro atoms. The first kappa shape index (κ1) is 14.4. The second-order valence-electron chi connectivity index (χ2n) is 2.41. The summed E-state index contributed by atoms with van der Waals surface area (Å²) in [6, 6.07) is 0. The highest BCUT2D eigenvalue weighted by atomic mass is 35.5. The van der Waals surface area contributed by atoms with E-state index in [1.807, 2.05) is 22.8 Å². The first-order chi connectivity index (χ1) is 6.35. The van der Waals surface area contributed by atoms with E-state index in [0.717, 1.165) is 0 Å². The Morgan fingerprint density at radius 3 is 2.08 bits per heavy atom. The van der Waals surface area contributed by atoms with Crippen LogP contribution in [0.1, 0.15) is 26.7 Å². The van der Waals surface area contributed by atoms with Gasteiger partial charge in [-0.05, 0) is 12.8 Å². The van der Waals surface area contributed by atoms with Crippen molar-refractivity contribution >= 4 is 40.9 Å². The number of hydrogen-bond donors (Lipinski definition) is 0. The number of rotatable bonds is 9. The van der Waals surface area contributed by atoms with Gasteiger partial charge in [-0.2, -0.15) is 0 Å². The molecule has 0 atom stereocenters. The molecule has 0 radical (unpaired) electrons. The molecule has 0 saturated heterocycles. The highest BCUT2D eigenvalue weighted by Crippen LogP contribution is 2.61. The molecule has 0 fully saturated rings. The molecule has 0 N–H and O–H groups in total. The van der Waals surface area contributed by atoms with E-state index in [9.17, 15) is 0 Å². The summed E-state index contributed by atoms with van der Waals surface area (Å²) < 4.78 is 5.65. The fourth-order valence-electron chi connectivity index (χ4n) is 0.552. The van der Waals surface area contributed by atoms with Crippen LogP contribution in [0.5, 0.6) is 0 Å². The molecule has 0 aromatic heterocycles. The molecule has 1 nitrogen and oxygen atoms in total. The molecule has 0 unspecified atom stereocenters.